The molecule has 1 saturated heterocycles. The molecule has 0 unspecified atom stereocenters. The summed E-state index contributed by atoms with van der Waals surface area (Å²) in [6.45, 7) is 2.30. The second-order valence-corrected chi connectivity index (χ2v) is 6.88. The molecule has 144 valence electrons. The zero-order valence-electron chi connectivity index (χ0n) is 15.6. The maximum Gasteiger partial charge on any atom is 0.250 e. The van der Waals surface area contributed by atoms with Gasteiger partial charge in [-0.15, -0.1) is 0 Å². The van der Waals surface area contributed by atoms with Gasteiger partial charge in [-0.3, -0.25) is 9.59 Å². The number of rotatable bonds is 7. The summed E-state index contributed by atoms with van der Waals surface area (Å²) in [5.74, 6) is 0.767. The van der Waals surface area contributed by atoms with E-state index in [-0.39, 0.29) is 23.3 Å². The summed E-state index contributed by atoms with van der Waals surface area (Å²) < 4.78 is 12.3. The first-order valence-corrected chi connectivity index (χ1v) is 9.27. The molecule has 1 amide bonds. The topological polar surface area (TPSA) is 69.6 Å². The van der Waals surface area contributed by atoms with Crippen LogP contribution in [0.4, 0.5) is 0 Å². The third-order valence-electron chi connectivity index (χ3n) is 5.26. The Kier molecular flexibility index (Phi) is 6.29. The largest absolute Gasteiger partial charge is 0.497 e. The molecule has 0 bridgehead atoms. The molecule has 0 radical (unpaired) electrons. The Morgan fingerprint density at radius 3 is 2.59 bits per heavy atom. The molecule has 0 saturated carbocycles. The molecule has 0 spiro atoms. The predicted molar refractivity (Wildman–Crippen MR) is 103 cm³/mol. The van der Waals surface area contributed by atoms with Crippen molar-refractivity contribution >= 4 is 5.91 Å². The van der Waals surface area contributed by atoms with Crippen LogP contribution in [0.1, 0.15) is 24.8 Å². The summed E-state index contributed by atoms with van der Waals surface area (Å²) in [5.41, 5.74) is 0.958. The predicted octanol–water partition coefficient (Wildman–Crippen LogP) is 2.11. The molecule has 1 fully saturated rings. The number of aromatic nitrogens is 1. The van der Waals surface area contributed by atoms with E-state index in [1.54, 1.807) is 30.0 Å². The summed E-state index contributed by atoms with van der Waals surface area (Å²) in [6, 6.07) is 13.0. The number of carbonyl (C=O) groups excluding carboxylic acids is 1. The number of hydrogen-bond donors (Lipinski definition) is 1. The number of nitrogens with one attached hydrogen (secondary N) is 1. The third-order valence-corrected chi connectivity index (χ3v) is 5.26. The molecule has 1 aliphatic rings. The molecule has 1 aromatic carbocycles. The zero-order valence-corrected chi connectivity index (χ0v) is 15.6. The van der Waals surface area contributed by atoms with Crippen molar-refractivity contribution in [1.82, 2.24) is 9.88 Å². The van der Waals surface area contributed by atoms with Crippen molar-refractivity contribution in [1.29, 1.82) is 0 Å². The number of carbonyl (C=O) groups is 1. The maximum absolute atomic E-state index is 12.4. The molecule has 1 N–H and O–H groups in total. The molecule has 0 aliphatic carbocycles. The van der Waals surface area contributed by atoms with Crippen molar-refractivity contribution in [2.75, 3.05) is 26.9 Å². The van der Waals surface area contributed by atoms with Crippen molar-refractivity contribution in [3.63, 3.8) is 0 Å². The van der Waals surface area contributed by atoms with Crippen LogP contribution in [0.3, 0.4) is 0 Å². The second kappa shape index (κ2) is 8.86. The average molecular weight is 370 g/mol. The van der Waals surface area contributed by atoms with E-state index in [0.717, 1.165) is 18.6 Å². The molecule has 27 heavy (non-hydrogen) atoms. The van der Waals surface area contributed by atoms with E-state index in [2.05, 4.69) is 17.4 Å². The Morgan fingerprint density at radius 2 is 1.93 bits per heavy atom. The standard InChI is InChI=1S/C21H26N2O4/c1-26-18-7-5-17(6-8-18)21(10-14-27-15-11-21)16-22-19(24)9-13-23-12-3-2-4-20(23)25/h2-8,12H,9-11,13-16H2,1H3,(H,22,24). The van der Waals surface area contributed by atoms with Crippen LogP contribution in [-0.4, -0.2) is 37.3 Å². The van der Waals surface area contributed by atoms with Gasteiger partial charge in [-0.25, -0.2) is 0 Å². The van der Waals surface area contributed by atoms with Gasteiger partial charge in [0.2, 0.25) is 5.91 Å². The average Bonchev–Trinajstić information content (AvgIpc) is 2.72. The quantitative estimate of drug-likeness (QED) is 0.810. The Morgan fingerprint density at radius 1 is 1.19 bits per heavy atom. The number of nitrogens with zero attached hydrogens (tertiary/aromatic N) is 1. The molecule has 2 aromatic rings. The van der Waals surface area contributed by atoms with Gasteiger partial charge in [0.15, 0.2) is 0 Å². The van der Waals surface area contributed by atoms with Gasteiger partial charge in [0.25, 0.3) is 5.56 Å². The summed E-state index contributed by atoms with van der Waals surface area (Å²) in [6.07, 6.45) is 3.70. The highest BCUT2D eigenvalue weighted by atomic mass is 16.5. The van der Waals surface area contributed by atoms with E-state index in [4.69, 9.17) is 9.47 Å². The Labute approximate surface area is 159 Å². The summed E-state index contributed by atoms with van der Waals surface area (Å²) in [5, 5.41) is 3.07. The van der Waals surface area contributed by atoms with E-state index in [1.807, 2.05) is 12.1 Å². The molecule has 6 heteroatoms. The number of benzene rings is 1. The van der Waals surface area contributed by atoms with Crippen LogP contribution in [0.2, 0.25) is 0 Å². The van der Waals surface area contributed by atoms with E-state index in [0.29, 0.717) is 26.3 Å². The van der Waals surface area contributed by atoms with E-state index in [9.17, 15) is 9.59 Å². The van der Waals surface area contributed by atoms with Crippen LogP contribution in [0.5, 0.6) is 5.75 Å². The third kappa shape index (κ3) is 4.77. The lowest BCUT2D eigenvalue weighted by molar-refractivity contribution is -0.121. The minimum absolute atomic E-state index is 0.0508. The fraction of sp³-hybridized carbons (Fsp3) is 0.429. The van der Waals surface area contributed by atoms with Crippen molar-refractivity contribution in [3.8, 4) is 5.75 Å². The first-order chi connectivity index (χ1) is 13.1. The Hall–Kier alpha value is -2.60. The molecule has 0 atom stereocenters. The lowest BCUT2D eigenvalue weighted by Gasteiger charge is -2.38. The van der Waals surface area contributed by atoms with Gasteiger partial charge in [-0.05, 0) is 36.6 Å². The highest BCUT2D eigenvalue weighted by molar-refractivity contribution is 5.76. The smallest absolute Gasteiger partial charge is 0.250 e. The van der Waals surface area contributed by atoms with Gasteiger partial charge < -0.3 is 19.4 Å². The summed E-state index contributed by atoms with van der Waals surface area (Å²) >= 11 is 0. The number of pyridine rings is 1. The van der Waals surface area contributed by atoms with E-state index >= 15 is 0 Å². The first kappa shape index (κ1) is 19.2. The second-order valence-electron chi connectivity index (χ2n) is 6.88. The van der Waals surface area contributed by atoms with Gasteiger partial charge in [0, 0.05) is 50.4 Å². The van der Waals surface area contributed by atoms with Gasteiger partial charge in [-0.1, -0.05) is 18.2 Å². The number of amides is 1. The Bertz CT molecular complexity index is 807. The highest BCUT2D eigenvalue weighted by Crippen LogP contribution is 2.35. The number of ether oxygens (including phenoxy) is 2. The van der Waals surface area contributed by atoms with Gasteiger partial charge >= 0.3 is 0 Å². The van der Waals surface area contributed by atoms with Crippen molar-refractivity contribution < 1.29 is 14.3 Å². The van der Waals surface area contributed by atoms with Crippen LogP contribution in [0, 0.1) is 0 Å². The number of aryl methyl sites for hydroxylation is 1. The minimum atomic E-state index is -0.135. The van der Waals surface area contributed by atoms with Gasteiger partial charge in [0.05, 0.1) is 7.11 Å². The van der Waals surface area contributed by atoms with Crippen molar-refractivity contribution in [2.24, 2.45) is 0 Å². The van der Waals surface area contributed by atoms with Crippen LogP contribution in [0.25, 0.3) is 0 Å². The maximum atomic E-state index is 12.4. The highest BCUT2D eigenvalue weighted by Gasteiger charge is 2.34. The number of methoxy groups -OCH3 is 1. The van der Waals surface area contributed by atoms with Crippen molar-refractivity contribution in [2.45, 2.75) is 31.2 Å². The molecule has 3 rings (SSSR count). The molecule has 6 nitrogen and oxygen atoms in total. The fourth-order valence-corrected chi connectivity index (χ4v) is 3.50. The van der Waals surface area contributed by atoms with Crippen LogP contribution in [-0.2, 0) is 21.5 Å². The van der Waals surface area contributed by atoms with Crippen LogP contribution >= 0.6 is 0 Å². The summed E-state index contributed by atoms with van der Waals surface area (Å²) in [7, 11) is 1.65. The van der Waals surface area contributed by atoms with Crippen LogP contribution in [0.15, 0.2) is 53.5 Å². The fourth-order valence-electron chi connectivity index (χ4n) is 3.50. The lowest BCUT2D eigenvalue weighted by Crippen LogP contribution is -2.44. The normalized spacial score (nSPS) is 15.9. The zero-order chi connectivity index (χ0) is 19.1. The monoisotopic (exact) mass is 370 g/mol. The SMILES string of the molecule is COc1ccc(C2(CNC(=O)CCn3ccccc3=O)CCOCC2)cc1. The molecule has 1 aromatic heterocycles. The first-order valence-electron chi connectivity index (χ1n) is 9.27. The Balaban J connectivity index is 1.63. The van der Waals surface area contributed by atoms with Gasteiger partial charge in [0.1, 0.15) is 5.75 Å². The molecule has 1 aliphatic heterocycles. The van der Waals surface area contributed by atoms with E-state index < -0.39 is 0 Å². The van der Waals surface area contributed by atoms with Crippen LogP contribution < -0.4 is 15.6 Å². The van der Waals surface area contributed by atoms with E-state index in [1.165, 1.54) is 11.6 Å². The van der Waals surface area contributed by atoms with Gasteiger partial charge in [-0.2, -0.15) is 0 Å². The number of hydrogen-bond acceptors (Lipinski definition) is 4. The summed E-state index contributed by atoms with van der Waals surface area (Å²) in [4.78, 5) is 24.1. The lowest BCUT2D eigenvalue weighted by atomic mass is 9.74. The molecular weight excluding hydrogens is 344 g/mol. The molecular formula is C21H26N2O4. The minimum Gasteiger partial charge on any atom is -0.497 e. The van der Waals surface area contributed by atoms with Crippen molar-refractivity contribution in [3.05, 3.63) is 64.6 Å². The molecule has 2 heterocycles.